The predicted octanol–water partition coefficient (Wildman–Crippen LogP) is 5.87. The molecule has 51 heavy (non-hydrogen) atoms. The number of hydrogen-bond donors (Lipinski definition) is 3. The van der Waals surface area contributed by atoms with Crippen molar-refractivity contribution in [3.63, 3.8) is 0 Å². The van der Waals surface area contributed by atoms with E-state index in [9.17, 15) is 29.4 Å². The monoisotopic (exact) mass is 731 g/mol. The number of ether oxygens (including phenoxy) is 1. The molecule has 0 spiro atoms. The number of fused-ring (bicyclic) bond motifs is 4. The number of phenolic OH excluding ortho intramolecular Hbond substituents is 1. The van der Waals surface area contributed by atoms with Gasteiger partial charge in [0, 0.05) is 23.9 Å². The Morgan fingerprint density at radius 1 is 0.980 bits per heavy atom. The Morgan fingerprint density at radius 2 is 1.73 bits per heavy atom. The van der Waals surface area contributed by atoms with Crippen molar-refractivity contribution in [1.82, 2.24) is 9.91 Å². The highest BCUT2D eigenvalue weighted by Crippen LogP contribution is 2.64. The van der Waals surface area contributed by atoms with Crippen molar-refractivity contribution in [3.05, 3.63) is 99.0 Å². The minimum Gasteiger partial charge on any atom is -0.508 e. The molecule has 4 amide bonds. The second-order valence-electron chi connectivity index (χ2n) is 13.6. The molecule has 2 heterocycles. The molecule has 3 N–H and O–H groups in total. The van der Waals surface area contributed by atoms with Gasteiger partial charge in [-0.15, -0.1) is 0 Å². The fraction of sp³-hybridized carbons (Fsp3) is 0.342. The number of phenols is 1. The van der Waals surface area contributed by atoms with Crippen LogP contribution in [0.1, 0.15) is 48.3 Å². The maximum Gasteiger partial charge on any atom is 0.303 e. The Balaban J connectivity index is 1.41. The molecule has 0 radical (unpaired) electrons. The first-order valence-corrected chi connectivity index (χ1v) is 17.4. The molecule has 0 bridgehead atoms. The molecule has 6 atom stereocenters. The number of aromatic hydroxyl groups is 1. The van der Waals surface area contributed by atoms with Crippen LogP contribution in [0.5, 0.6) is 11.5 Å². The number of allylic oxidation sites excluding steroid dienone is 2. The Morgan fingerprint density at radius 3 is 2.39 bits per heavy atom. The first-order valence-electron chi connectivity index (χ1n) is 16.7. The molecule has 2 saturated heterocycles. The van der Waals surface area contributed by atoms with Crippen LogP contribution in [0.4, 0.5) is 5.69 Å². The SMILES string of the molecule is COc1ccc(C23C(=O)N(Nc4ccc(Cl)cc4Cl)C(=O)C2CC2C(=CCC4C(=O)N(CCCC(=O)O)C(=O)C42)C3c2ccc(O)c(C)c2)cc1. The lowest BCUT2D eigenvalue weighted by Crippen LogP contribution is -2.53. The van der Waals surface area contributed by atoms with Gasteiger partial charge in [0.1, 0.15) is 11.5 Å². The third-order valence-corrected chi connectivity index (χ3v) is 11.5. The molecule has 6 unspecified atom stereocenters. The number of hydrazine groups is 1. The molecule has 7 rings (SSSR count). The average molecular weight is 733 g/mol. The van der Waals surface area contributed by atoms with Crippen molar-refractivity contribution < 1.29 is 38.9 Å². The Bertz CT molecular complexity index is 2020. The zero-order valence-electron chi connectivity index (χ0n) is 27.8. The zero-order valence-corrected chi connectivity index (χ0v) is 29.3. The number of benzene rings is 3. The van der Waals surface area contributed by atoms with E-state index in [2.05, 4.69) is 5.43 Å². The fourth-order valence-corrected chi connectivity index (χ4v) is 9.20. The molecular weight excluding hydrogens is 697 g/mol. The van der Waals surface area contributed by atoms with Gasteiger partial charge in [-0.25, -0.2) is 0 Å². The highest BCUT2D eigenvalue weighted by Gasteiger charge is 2.70. The van der Waals surface area contributed by atoms with E-state index in [1.165, 1.54) is 13.2 Å². The second-order valence-corrected chi connectivity index (χ2v) is 14.4. The van der Waals surface area contributed by atoms with Crippen LogP contribution in [0, 0.1) is 30.6 Å². The summed E-state index contributed by atoms with van der Waals surface area (Å²) >= 11 is 12.6. The lowest BCUT2D eigenvalue weighted by Gasteiger charge is -2.50. The summed E-state index contributed by atoms with van der Waals surface area (Å²) in [6.07, 6.45) is 2.20. The van der Waals surface area contributed by atoms with Crippen LogP contribution in [0.15, 0.2) is 72.3 Å². The first-order chi connectivity index (χ1) is 24.4. The molecule has 11 nitrogen and oxygen atoms in total. The third-order valence-electron chi connectivity index (χ3n) is 11.0. The molecular formula is C38H35Cl2N3O8. The minimum atomic E-state index is -1.53. The third kappa shape index (κ3) is 5.45. The molecule has 2 aliphatic carbocycles. The number of methoxy groups -OCH3 is 1. The first kappa shape index (κ1) is 34.6. The summed E-state index contributed by atoms with van der Waals surface area (Å²) < 4.78 is 5.44. The topological polar surface area (TPSA) is 154 Å². The maximum atomic E-state index is 15.3. The number of imide groups is 2. The van der Waals surface area contributed by atoms with Crippen LogP contribution >= 0.6 is 23.2 Å². The normalized spacial score (nSPS) is 26.8. The molecule has 4 aliphatic rings. The molecule has 2 aliphatic heterocycles. The number of carboxylic acid groups (broad SMARTS) is 1. The van der Waals surface area contributed by atoms with E-state index in [1.54, 1.807) is 61.5 Å². The summed E-state index contributed by atoms with van der Waals surface area (Å²) in [5.74, 6) is -6.08. The van der Waals surface area contributed by atoms with Crippen molar-refractivity contribution in [3.8, 4) is 11.5 Å². The number of carboxylic acids is 1. The summed E-state index contributed by atoms with van der Waals surface area (Å²) in [6.45, 7) is 1.73. The van der Waals surface area contributed by atoms with Crippen molar-refractivity contribution >= 4 is 58.5 Å². The predicted molar refractivity (Wildman–Crippen MR) is 187 cm³/mol. The van der Waals surface area contributed by atoms with Crippen molar-refractivity contribution in [2.45, 2.75) is 43.9 Å². The maximum absolute atomic E-state index is 15.3. The number of aliphatic carboxylic acids is 1. The number of anilines is 1. The van der Waals surface area contributed by atoms with Gasteiger partial charge in [-0.05, 0) is 85.2 Å². The highest BCUT2D eigenvalue weighted by atomic mass is 35.5. The van der Waals surface area contributed by atoms with Crippen molar-refractivity contribution in [2.75, 3.05) is 19.1 Å². The number of halogens is 2. The average Bonchev–Trinajstić information content (AvgIpc) is 3.47. The number of likely N-dealkylation sites (tertiary alicyclic amines) is 1. The van der Waals surface area contributed by atoms with E-state index >= 15 is 4.79 Å². The van der Waals surface area contributed by atoms with Gasteiger partial charge in [0.15, 0.2) is 0 Å². The van der Waals surface area contributed by atoms with Gasteiger partial charge < -0.3 is 14.9 Å². The largest absolute Gasteiger partial charge is 0.508 e. The Hall–Kier alpha value is -4.87. The number of rotatable bonds is 9. The molecule has 1 saturated carbocycles. The van der Waals surface area contributed by atoms with Crippen LogP contribution in [0.3, 0.4) is 0 Å². The zero-order chi connectivity index (χ0) is 36.4. The quantitative estimate of drug-likeness (QED) is 0.181. The van der Waals surface area contributed by atoms with E-state index in [-0.39, 0.29) is 54.6 Å². The summed E-state index contributed by atoms with van der Waals surface area (Å²) in [4.78, 5) is 70.2. The van der Waals surface area contributed by atoms with Gasteiger partial charge >= 0.3 is 5.97 Å². The summed E-state index contributed by atoms with van der Waals surface area (Å²) in [7, 11) is 1.53. The minimum absolute atomic E-state index is 0.0181. The highest BCUT2D eigenvalue weighted by molar-refractivity contribution is 6.36. The van der Waals surface area contributed by atoms with Gasteiger partial charge in [0.2, 0.25) is 11.8 Å². The van der Waals surface area contributed by atoms with Crippen LogP contribution in [-0.2, 0) is 29.4 Å². The van der Waals surface area contributed by atoms with Crippen molar-refractivity contribution in [2.24, 2.45) is 23.7 Å². The van der Waals surface area contributed by atoms with Gasteiger partial charge in [0.05, 0.1) is 41.0 Å². The second kappa shape index (κ2) is 13.0. The number of nitrogens with one attached hydrogen (secondary N) is 1. The van der Waals surface area contributed by atoms with Gasteiger partial charge in [-0.2, -0.15) is 5.01 Å². The Labute approximate surface area is 303 Å². The molecule has 13 heteroatoms. The van der Waals surface area contributed by atoms with Crippen molar-refractivity contribution in [1.29, 1.82) is 0 Å². The van der Waals surface area contributed by atoms with Gasteiger partial charge in [0.25, 0.3) is 11.8 Å². The summed E-state index contributed by atoms with van der Waals surface area (Å²) in [5.41, 5.74) is 4.25. The lowest BCUT2D eigenvalue weighted by molar-refractivity contribution is -0.142. The van der Waals surface area contributed by atoms with E-state index in [0.29, 0.717) is 27.5 Å². The molecule has 3 fully saturated rings. The van der Waals surface area contributed by atoms with E-state index in [4.69, 9.17) is 27.9 Å². The molecule has 3 aromatic rings. The number of hydrogen-bond acceptors (Lipinski definition) is 8. The smallest absolute Gasteiger partial charge is 0.303 e. The van der Waals surface area contributed by atoms with Gasteiger partial charge in [-0.1, -0.05) is 59.1 Å². The Kier molecular flexibility index (Phi) is 8.83. The molecule has 0 aromatic heterocycles. The van der Waals surface area contributed by atoms with Crippen LogP contribution in [-0.4, -0.2) is 63.4 Å². The van der Waals surface area contributed by atoms with E-state index < -0.39 is 58.7 Å². The lowest BCUT2D eigenvalue weighted by atomic mass is 9.49. The number of aryl methyl sites for hydroxylation is 1. The van der Waals surface area contributed by atoms with Crippen LogP contribution in [0.25, 0.3) is 0 Å². The van der Waals surface area contributed by atoms with Crippen LogP contribution in [0.2, 0.25) is 10.0 Å². The van der Waals surface area contributed by atoms with Gasteiger partial charge in [-0.3, -0.25) is 34.3 Å². The summed E-state index contributed by atoms with van der Waals surface area (Å²) in [6, 6.07) is 16.7. The number of amides is 4. The van der Waals surface area contributed by atoms with E-state index in [1.807, 2.05) is 6.08 Å². The van der Waals surface area contributed by atoms with E-state index in [0.717, 1.165) is 15.5 Å². The molecule has 3 aromatic carbocycles. The molecule has 264 valence electrons. The number of carbonyl (C=O) groups is 5. The standard InChI is InChI=1S/C38H35Cl2N3O8/c1-19-16-20(5-14-30(19)44)33-24-11-12-25-32(36(49)42(34(25)47)15-3-4-31(45)46)26(24)18-27-35(48)43(41-29-13-8-22(39)17-28(29)40)37(50)38(27,33)21-6-9-23(51-2)10-7-21/h5-11,13-14,16-17,25-27,32-33,41,44H,3-4,12,15,18H2,1-2H3,(H,45,46). The fourth-order valence-electron chi connectivity index (χ4n) is 8.75. The summed E-state index contributed by atoms with van der Waals surface area (Å²) in [5, 5.41) is 21.3. The number of nitrogens with zero attached hydrogens (tertiary/aromatic N) is 2. The number of carbonyl (C=O) groups excluding carboxylic acids is 4. The van der Waals surface area contributed by atoms with Crippen LogP contribution < -0.4 is 10.2 Å².